The van der Waals surface area contributed by atoms with Crippen LogP contribution in [0.4, 0.5) is 10.3 Å². The molecule has 168 valence electrons. The van der Waals surface area contributed by atoms with Crippen molar-refractivity contribution in [1.82, 2.24) is 24.6 Å². The van der Waals surface area contributed by atoms with E-state index < -0.39 is 0 Å². The van der Waals surface area contributed by atoms with Crippen molar-refractivity contribution in [3.63, 3.8) is 0 Å². The average Bonchev–Trinajstić information content (AvgIpc) is 3.24. The molecule has 8 heteroatoms. The van der Waals surface area contributed by atoms with Crippen molar-refractivity contribution in [2.45, 2.75) is 38.1 Å². The molecule has 0 bridgehead atoms. The first kappa shape index (κ1) is 21.9. The number of aromatic nitrogens is 4. The van der Waals surface area contributed by atoms with Crippen molar-refractivity contribution >= 4 is 11.9 Å². The summed E-state index contributed by atoms with van der Waals surface area (Å²) in [5.74, 6) is 0.456. The minimum atomic E-state index is -0.264. The van der Waals surface area contributed by atoms with E-state index >= 15 is 0 Å². The third kappa shape index (κ3) is 4.79. The lowest BCUT2D eigenvalue weighted by atomic mass is 9.94. The Morgan fingerprint density at radius 3 is 2.66 bits per heavy atom. The van der Waals surface area contributed by atoms with Crippen LogP contribution in [0.15, 0.2) is 42.9 Å². The van der Waals surface area contributed by atoms with E-state index in [0.29, 0.717) is 25.3 Å². The van der Waals surface area contributed by atoms with Gasteiger partial charge in [0.1, 0.15) is 5.82 Å². The fourth-order valence-corrected chi connectivity index (χ4v) is 4.20. The molecule has 1 aliphatic heterocycles. The summed E-state index contributed by atoms with van der Waals surface area (Å²) in [6.45, 7) is 0.709. The number of anilines is 1. The maximum absolute atomic E-state index is 13.3. The zero-order chi connectivity index (χ0) is 22.7. The minimum absolute atomic E-state index is 0.0983. The van der Waals surface area contributed by atoms with E-state index in [2.05, 4.69) is 10.1 Å². The summed E-state index contributed by atoms with van der Waals surface area (Å²) < 4.78 is 14.9. The molecule has 3 aromatic rings. The second-order valence-electron chi connectivity index (χ2n) is 8.49. The van der Waals surface area contributed by atoms with Crippen LogP contribution < -0.4 is 4.90 Å². The van der Waals surface area contributed by atoms with E-state index in [4.69, 9.17) is 4.98 Å². The van der Waals surface area contributed by atoms with Gasteiger partial charge < -0.3 is 9.80 Å². The fourth-order valence-electron chi connectivity index (χ4n) is 4.20. The van der Waals surface area contributed by atoms with E-state index in [9.17, 15) is 9.18 Å². The summed E-state index contributed by atoms with van der Waals surface area (Å²) in [6, 6.07) is 6.25. The first-order chi connectivity index (χ1) is 15.4. The van der Waals surface area contributed by atoms with Gasteiger partial charge in [0.15, 0.2) is 0 Å². The van der Waals surface area contributed by atoms with Crippen molar-refractivity contribution in [2.75, 3.05) is 25.5 Å². The maximum atomic E-state index is 13.3. The van der Waals surface area contributed by atoms with Crippen LogP contribution >= 0.6 is 0 Å². The molecule has 1 amide bonds. The first-order valence-electron chi connectivity index (χ1n) is 11.0. The monoisotopic (exact) mass is 436 g/mol. The highest BCUT2D eigenvalue weighted by Crippen LogP contribution is 2.36. The van der Waals surface area contributed by atoms with E-state index in [1.807, 2.05) is 43.3 Å². The van der Waals surface area contributed by atoms with E-state index in [1.165, 1.54) is 12.1 Å². The van der Waals surface area contributed by atoms with E-state index in [1.54, 1.807) is 23.0 Å². The number of benzene rings is 1. The number of halogens is 1. The van der Waals surface area contributed by atoms with Gasteiger partial charge in [0.05, 0.1) is 17.9 Å². The van der Waals surface area contributed by atoms with E-state index in [0.717, 1.165) is 41.6 Å². The van der Waals surface area contributed by atoms with Crippen molar-refractivity contribution in [3.05, 3.63) is 59.9 Å². The molecular weight excluding hydrogens is 407 g/mol. The highest BCUT2D eigenvalue weighted by molar-refractivity contribution is 5.78. The van der Waals surface area contributed by atoms with Gasteiger partial charge in [-0.2, -0.15) is 5.10 Å². The molecule has 1 aromatic carbocycles. The Kier molecular flexibility index (Phi) is 6.48. The zero-order valence-electron chi connectivity index (χ0n) is 18.8. The van der Waals surface area contributed by atoms with Gasteiger partial charge in [-0.1, -0.05) is 12.1 Å². The lowest BCUT2D eigenvalue weighted by Crippen LogP contribution is -2.39. The van der Waals surface area contributed by atoms with Gasteiger partial charge in [-0.3, -0.25) is 9.48 Å². The van der Waals surface area contributed by atoms with Crippen molar-refractivity contribution in [1.29, 1.82) is 0 Å². The van der Waals surface area contributed by atoms with Crippen LogP contribution in [0.3, 0.4) is 0 Å². The molecule has 1 atom stereocenters. The quantitative estimate of drug-likeness (QED) is 0.589. The average molecular weight is 437 g/mol. The van der Waals surface area contributed by atoms with Crippen LogP contribution in [0.25, 0.3) is 11.1 Å². The SMILES string of the molecule is CN(C)c1ncc(-c2cnn(C)c2)c(C2CCCCN2C(=O)CCc2ccc(F)cc2)n1. The lowest BCUT2D eigenvalue weighted by Gasteiger charge is -2.36. The molecule has 2 aromatic heterocycles. The topological polar surface area (TPSA) is 67.2 Å². The van der Waals surface area contributed by atoms with Gasteiger partial charge in [-0.15, -0.1) is 0 Å². The van der Waals surface area contributed by atoms with Gasteiger partial charge in [-0.25, -0.2) is 14.4 Å². The Morgan fingerprint density at radius 1 is 1.19 bits per heavy atom. The molecular formula is C24H29FN6O. The number of amides is 1. The van der Waals surface area contributed by atoms with Crippen LogP contribution in [0.1, 0.15) is 43.0 Å². The molecule has 0 N–H and O–H groups in total. The molecule has 1 aliphatic rings. The predicted octanol–water partition coefficient (Wildman–Crippen LogP) is 3.77. The van der Waals surface area contributed by atoms with Crippen LogP contribution in [-0.2, 0) is 18.3 Å². The number of carbonyl (C=O) groups is 1. The summed E-state index contributed by atoms with van der Waals surface area (Å²) in [4.78, 5) is 26.5. The highest BCUT2D eigenvalue weighted by atomic mass is 19.1. The van der Waals surface area contributed by atoms with Crippen molar-refractivity contribution in [3.8, 4) is 11.1 Å². The number of piperidine rings is 1. The van der Waals surface area contributed by atoms with Crippen molar-refractivity contribution < 1.29 is 9.18 Å². The molecule has 0 saturated carbocycles. The summed E-state index contributed by atoms with van der Waals surface area (Å²) >= 11 is 0. The standard InChI is InChI=1S/C24H29FN6O/c1-29(2)24-26-15-20(18-14-27-30(3)16-18)23(28-24)21-6-4-5-13-31(21)22(32)12-9-17-7-10-19(25)11-8-17/h7-8,10-11,14-16,21H,4-6,9,12-13H2,1-3H3. The van der Waals surface area contributed by atoms with Crippen LogP contribution in [0.2, 0.25) is 0 Å². The molecule has 1 saturated heterocycles. The van der Waals surface area contributed by atoms with Crippen molar-refractivity contribution in [2.24, 2.45) is 7.05 Å². The number of hydrogen-bond acceptors (Lipinski definition) is 5. The summed E-state index contributed by atoms with van der Waals surface area (Å²) in [5.41, 5.74) is 3.68. The van der Waals surface area contributed by atoms with Gasteiger partial charge >= 0.3 is 0 Å². The fraction of sp³-hybridized carbons (Fsp3) is 0.417. The zero-order valence-corrected chi connectivity index (χ0v) is 18.8. The van der Waals surface area contributed by atoms with Crippen LogP contribution in [-0.4, -0.2) is 51.2 Å². The Labute approximate surface area is 187 Å². The minimum Gasteiger partial charge on any atom is -0.347 e. The van der Waals surface area contributed by atoms with Gasteiger partial charge in [0, 0.05) is 57.6 Å². The van der Waals surface area contributed by atoms with Gasteiger partial charge in [-0.05, 0) is 43.4 Å². The third-order valence-electron chi connectivity index (χ3n) is 5.90. The largest absolute Gasteiger partial charge is 0.347 e. The first-order valence-corrected chi connectivity index (χ1v) is 11.0. The Balaban J connectivity index is 1.62. The Morgan fingerprint density at radius 2 is 1.97 bits per heavy atom. The Bertz CT molecular complexity index is 1080. The predicted molar refractivity (Wildman–Crippen MR) is 122 cm³/mol. The van der Waals surface area contributed by atoms with Gasteiger partial charge in [0.2, 0.25) is 11.9 Å². The molecule has 0 radical (unpaired) electrons. The van der Waals surface area contributed by atoms with Gasteiger partial charge in [0.25, 0.3) is 0 Å². The molecule has 3 heterocycles. The lowest BCUT2D eigenvalue weighted by molar-refractivity contribution is -0.135. The molecule has 7 nitrogen and oxygen atoms in total. The molecule has 1 unspecified atom stereocenters. The smallest absolute Gasteiger partial charge is 0.225 e. The molecule has 32 heavy (non-hydrogen) atoms. The summed E-state index contributed by atoms with van der Waals surface area (Å²) in [6.07, 6.45) is 9.44. The Hall–Kier alpha value is -3.29. The van der Waals surface area contributed by atoms with Crippen LogP contribution in [0.5, 0.6) is 0 Å². The van der Waals surface area contributed by atoms with E-state index in [-0.39, 0.29) is 17.8 Å². The second kappa shape index (κ2) is 9.46. The normalized spacial score (nSPS) is 16.2. The van der Waals surface area contributed by atoms with Crippen LogP contribution in [0, 0.1) is 5.82 Å². The number of carbonyl (C=O) groups excluding carboxylic acids is 1. The maximum Gasteiger partial charge on any atom is 0.225 e. The number of nitrogens with zero attached hydrogens (tertiary/aromatic N) is 6. The molecule has 1 fully saturated rings. The number of rotatable bonds is 6. The highest BCUT2D eigenvalue weighted by Gasteiger charge is 2.31. The number of aryl methyl sites for hydroxylation is 2. The molecule has 0 spiro atoms. The summed E-state index contributed by atoms with van der Waals surface area (Å²) in [5, 5.41) is 4.30. The summed E-state index contributed by atoms with van der Waals surface area (Å²) in [7, 11) is 5.70. The second-order valence-corrected chi connectivity index (χ2v) is 8.49. The molecule has 4 rings (SSSR count). The third-order valence-corrected chi connectivity index (χ3v) is 5.90. The number of likely N-dealkylation sites (tertiary alicyclic amines) is 1. The molecule has 0 aliphatic carbocycles. The number of hydrogen-bond donors (Lipinski definition) is 0.